The monoisotopic (exact) mass is 348 g/mol. The summed E-state index contributed by atoms with van der Waals surface area (Å²) < 4.78 is 18.7. The highest BCUT2D eigenvalue weighted by atomic mass is 19.1. The average Bonchev–Trinajstić information content (AvgIpc) is 2.66. The highest BCUT2D eigenvalue weighted by Crippen LogP contribution is 2.33. The molecule has 2 fully saturated rings. The van der Waals surface area contributed by atoms with E-state index in [-0.39, 0.29) is 17.3 Å². The predicted molar refractivity (Wildman–Crippen MR) is 95.9 cm³/mol. The largest absolute Gasteiger partial charge is 0.379 e. The normalized spacial score (nSPS) is 21.0. The van der Waals surface area contributed by atoms with Gasteiger partial charge in [-0.2, -0.15) is 0 Å². The molecule has 0 spiro atoms. The van der Waals surface area contributed by atoms with E-state index in [2.05, 4.69) is 10.2 Å². The molecule has 1 N–H and O–H groups in total. The molecule has 3 rings (SSSR count). The van der Waals surface area contributed by atoms with Crippen molar-refractivity contribution in [1.29, 1.82) is 0 Å². The number of nitrogens with zero attached hydrogens (tertiary/aromatic N) is 1. The number of carbonyl (C=O) groups excluding carboxylic acids is 1. The van der Waals surface area contributed by atoms with Crippen molar-refractivity contribution in [3.63, 3.8) is 0 Å². The lowest BCUT2D eigenvalue weighted by Crippen LogP contribution is -2.59. The molecule has 0 bridgehead atoms. The summed E-state index contributed by atoms with van der Waals surface area (Å²) in [7, 11) is 0. The molecule has 0 radical (unpaired) electrons. The maximum absolute atomic E-state index is 13.2. The van der Waals surface area contributed by atoms with Gasteiger partial charge in [0.15, 0.2) is 0 Å². The molecule has 1 aromatic carbocycles. The van der Waals surface area contributed by atoms with Crippen molar-refractivity contribution in [2.24, 2.45) is 0 Å². The van der Waals surface area contributed by atoms with E-state index in [0.717, 1.165) is 51.3 Å². The molecule has 1 saturated carbocycles. The van der Waals surface area contributed by atoms with Crippen molar-refractivity contribution in [2.45, 2.75) is 50.5 Å². The lowest BCUT2D eigenvalue weighted by atomic mass is 9.79. The summed E-state index contributed by atoms with van der Waals surface area (Å²) in [6.45, 7) is 4.21. The fourth-order valence-electron chi connectivity index (χ4n) is 4.15. The Morgan fingerprint density at radius 1 is 1.20 bits per heavy atom. The Kier molecular flexibility index (Phi) is 6.43. The van der Waals surface area contributed by atoms with Crippen LogP contribution in [0.4, 0.5) is 4.39 Å². The Balaban J connectivity index is 1.52. The van der Waals surface area contributed by atoms with E-state index in [1.54, 1.807) is 6.07 Å². The molecule has 4 nitrogen and oxygen atoms in total. The van der Waals surface area contributed by atoms with Crippen molar-refractivity contribution in [3.05, 3.63) is 35.6 Å². The number of benzene rings is 1. The maximum atomic E-state index is 13.2. The predicted octanol–water partition coefficient (Wildman–Crippen LogP) is 2.91. The van der Waals surface area contributed by atoms with E-state index in [0.29, 0.717) is 12.8 Å². The number of halogens is 1. The second kappa shape index (κ2) is 8.77. The molecular formula is C20H29FN2O2. The molecule has 0 unspecified atom stereocenters. The fourth-order valence-corrected chi connectivity index (χ4v) is 4.15. The fraction of sp³-hybridized carbons (Fsp3) is 0.650. The highest BCUT2D eigenvalue weighted by Gasteiger charge is 2.38. The zero-order chi connectivity index (χ0) is 17.5. The van der Waals surface area contributed by atoms with Crippen LogP contribution in [0.15, 0.2) is 24.3 Å². The molecule has 1 saturated heterocycles. The molecule has 0 atom stereocenters. The van der Waals surface area contributed by atoms with Crippen molar-refractivity contribution in [3.8, 4) is 0 Å². The first kappa shape index (κ1) is 18.3. The summed E-state index contributed by atoms with van der Waals surface area (Å²) in [6.07, 6.45) is 7.04. The number of rotatable bonds is 6. The van der Waals surface area contributed by atoms with Gasteiger partial charge in [0.25, 0.3) is 0 Å². The minimum Gasteiger partial charge on any atom is -0.379 e. The Bertz CT molecular complexity index is 567. The number of ether oxygens (including phenoxy) is 1. The highest BCUT2D eigenvalue weighted by molar-refractivity contribution is 5.76. The van der Waals surface area contributed by atoms with Gasteiger partial charge in [-0.1, -0.05) is 31.4 Å². The van der Waals surface area contributed by atoms with Gasteiger partial charge in [0.1, 0.15) is 5.82 Å². The van der Waals surface area contributed by atoms with Crippen LogP contribution in [0.3, 0.4) is 0 Å². The van der Waals surface area contributed by atoms with Crippen LogP contribution < -0.4 is 5.32 Å². The topological polar surface area (TPSA) is 41.6 Å². The van der Waals surface area contributed by atoms with Crippen molar-refractivity contribution >= 4 is 5.91 Å². The standard InChI is InChI=1S/C20H29FN2O2/c21-18-6-4-5-17(15-18)7-8-19(24)22-16-20(9-2-1-3-10-20)23-11-13-25-14-12-23/h4-6,15H,1-3,7-14,16H2,(H,22,24). The van der Waals surface area contributed by atoms with E-state index in [1.807, 2.05) is 6.07 Å². The van der Waals surface area contributed by atoms with Crippen LogP contribution in [0.25, 0.3) is 0 Å². The quantitative estimate of drug-likeness (QED) is 0.859. The summed E-state index contributed by atoms with van der Waals surface area (Å²) in [5.74, 6) is -0.186. The van der Waals surface area contributed by atoms with E-state index in [4.69, 9.17) is 4.74 Å². The third-order valence-corrected chi connectivity index (χ3v) is 5.61. The van der Waals surface area contributed by atoms with Crippen LogP contribution in [-0.2, 0) is 16.0 Å². The first-order chi connectivity index (χ1) is 12.2. The number of amides is 1. The summed E-state index contributed by atoms with van der Waals surface area (Å²) >= 11 is 0. The zero-order valence-corrected chi connectivity index (χ0v) is 14.9. The minimum absolute atomic E-state index is 0.0578. The molecule has 1 amide bonds. The molecule has 1 heterocycles. The first-order valence-corrected chi connectivity index (χ1v) is 9.52. The van der Waals surface area contributed by atoms with Crippen LogP contribution in [0.5, 0.6) is 0 Å². The van der Waals surface area contributed by atoms with Gasteiger partial charge < -0.3 is 10.1 Å². The van der Waals surface area contributed by atoms with Crippen molar-refractivity contribution < 1.29 is 13.9 Å². The molecule has 5 heteroatoms. The molecule has 25 heavy (non-hydrogen) atoms. The number of morpholine rings is 1. The SMILES string of the molecule is O=C(CCc1cccc(F)c1)NCC1(N2CCOCC2)CCCCC1. The van der Waals surface area contributed by atoms with Gasteiger partial charge in [-0.25, -0.2) is 4.39 Å². The van der Waals surface area contributed by atoms with Gasteiger partial charge in [-0.05, 0) is 37.0 Å². The van der Waals surface area contributed by atoms with Crippen LogP contribution in [-0.4, -0.2) is 49.2 Å². The minimum atomic E-state index is -0.244. The number of hydrogen-bond acceptors (Lipinski definition) is 3. The Morgan fingerprint density at radius 3 is 2.68 bits per heavy atom. The van der Waals surface area contributed by atoms with Crippen LogP contribution in [0, 0.1) is 5.82 Å². The first-order valence-electron chi connectivity index (χ1n) is 9.52. The molecule has 138 valence electrons. The van der Waals surface area contributed by atoms with Crippen LogP contribution in [0.2, 0.25) is 0 Å². The molecular weight excluding hydrogens is 319 g/mol. The molecule has 1 aromatic rings. The third-order valence-electron chi connectivity index (χ3n) is 5.61. The Morgan fingerprint density at radius 2 is 1.96 bits per heavy atom. The second-order valence-corrected chi connectivity index (χ2v) is 7.29. The lowest BCUT2D eigenvalue weighted by molar-refractivity contribution is -0.122. The summed E-state index contributed by atoms with van der Waals surface area (Å²) in [5, 5.41) is 3.16. The van der Waals surface area contributed by atoms with Gasteiger partial charge in [0.05, 0.1) is 13.2 Å². The molecule has 2 aliphatic rings. The van der Waals surface area contributed by atoms with Gasteiger partial charge in [0.2, 0.25) is 5.91 Å². The summed E-state index contributed by atoms with van der Waals surface area (Å²) in [6, 6.07) is 6.49. The Hall–Kier alpha value is -1.46. The van der Waals surface area contributed by atoms with Gasteiger partial charge >= 0.3 is 0 Å². The van der Waals surface area contributed by atoms with E-state index in [1.165, 1.54) is 31.4 Å². The molecule has 0 aromatic heterocycles. The van der Waals surface area contributed by atoms with Crippen LogP contribution in [0.1, 0.15) is 44.1 Å². The third kappa shape index (κ3) is 5.02. The smallest absolute Gasteiger partial charge is 0.220 e. The number of aryl methyl sites for hydroxylation is 1. The second-order valence-electron chi connectivity index (χ2n) is 7.29. The number of nitrogens with one attached hydrogen (secondary N) is 1. The van der Waals surface area contributed by atoms with Crippen LogP contribution >= 0.6 is 0 Å². The summed E-state index contributed by atoms with van der Waals surface area (Å²) in [5.41, 5.74) is 0.965. The van der Waals surface area contributed by atoms with Crippen molar-refractivity contribution in [1.82, 2.24) is 10.2 Å². The number of hydrogen-bond donors (Lipinski definition) is 1. The van der Waals surface area contributed by atoms with Gasteiger partial charge in [-0.15, -0.1) is 0 Å². The molecule has 1 aliphatic heterocycles. The van der Waals surface area contributed by atoms with E-state index in [9.17, 15) is 9.18 Å². The maximum Gasteiger partial charge on any atom is 0.220 e. The average molecular weight is 348 g/mol. The van der Waals surface area contributed by atoms with Gasteiger partial charge in [-0.3, -0.25) is 9.69 Å². The lowest BCUT2D eigenvalue weighted by Gasteiger charge is -2.48. The number of carbonyl (C=O) groups is 1. The van der Waals surface area contributed by atoms with Gasteiger partial charge in [0, 0.05) is 31.6 Å². The van der Waals surface area contributed by atoms with E-state index < -0.39 is 0 Å². The zero-order valence-electron chi connectivity index (χ0n) is 14.9. The Labute approximate surface area is 149 Å². The van der Waals surface area contributed by atoms with E-state index >= 15 is 0 Å². The van der Waals surface area contributed by atoms with Crippen molar-refractivity contribution in [2.75, 3.05) is 32.8 Å². The molecule has 1 aliphatic carbocycles. The summed E-state index contributed by atoms with van der Waals surface area (Å²) in [4.78, 5) is 14.9.